The summed E-state index contributed by atoms with van der Waals surface area (Å²) in [5, 5.41) is 3.03. The summed E-state index contributed by atoms with van der Waals surface area (Å²) in [6.45, 7) is 5.33. The number of nitrogens with two attached hydrogens (primary N) is 1. The average Bonchev–Trinajstić information content (AvgIpc) is 2.97. The molecule has 5 heteroatoms. The Hall–Kier alpha value is -2.04. The van der Waals surface area contributed by atoms with Crippen molar-refractivity contribution >= 4 is 18.5 Å². The standard InChI is InChI=1S/C22H26N2O2.ClH/c1-22(2)14(12-23)11-20(22)24-21(25)26-13-19-17-9-5-3-7-15(17)16-8-4-6-10-18(16)19;/h3-10,14,19-20H,11-13,23H2,1-2H3,(H,24,25);1H. The Morgan fingerprint density at radius 2 is 1.67 bits per heavy atom. The normalized spacial score (nSPS) is 22.0. The van der Waals surface area contributed by atoms with Crippen LogP contribution in [0.4, 0.5) is 4.79 Å². The van der Waals surface area contributed by atoms with E-state index >= 15 is 0 Å². The summed E-state index contributed by atoms with van der Waals surface area (Å²) >= 11 is 0. The van der Waals surface area contributed by atoms with Gasteiger partial charge in [-0.2, -0.15) is 0 Å². The van der Waals surface area contributed by atoms with Crippen LogP contribution in [0.25, 0.3) is 11.1 Å². The Kier molecular flexibility index (Phi) is 5.50. The number of hydrogen-bond acceptors (Lipinski definition) is 3. The van der Waals surface area contributed by atoms with E-state index in [0.29, 0.717) is 19.1 Å². The number of rotatable bonds is 4. The van der Waals surface area contributed by atoms with Gasteiger partial charge >= 0.3 is 6.09 Å². The van der Waals surface area contributed by atoms with Gasteiger partial charge in [0.2, 0.25) is 0 Å². The molecule has 27 heavy (non-hydrogen) atoms. The number of halogens is 1. The Bertz CT molecular complexity index is 791. The van der Waals surface area contributed by atoms with Crippen LogP contribution in [-0.4, -0.2) is 25.3 Å². The molecule has 144 valence electrons. The zero-order valence-corrected chi connectivity index (χ0v) is 16.6. The molecule has 1 saturated carbocycles. The van der Waals surface area contributed by atoms with Crippen molar-refractivity contribution in [1.82, 2.24) is 5.32 Å². The highest BCUT2D eigenvalue weighted by atomic mass is 35.5. The summed E-state index contributed by atoms with van der Waals surface area (Å²) in [5.41, 5.74) is 10.8. The SMILES string of the molecule is CC1(C)C(CN)CC1NC(=O)OCC1c2ccccc2-c2ccccc21.Cl. The van der Waals surface area contributed by atoms with Crippen LogP contribution in [0.1, 0.15) is 37.3 Å². The summed E-state index contributed by atoms with van der Waals surface area (Å²) in [5.74, 6) is 0.556. The Morgan fingerprint density at radius 1 is 1.11 bits per heavy atom. The maximum absolute atomic E-state index is 12.3. The molecular formula is C22H27ClN2O2. The van der Waals surface area contributed by atoms with Gasteiger partial charge in [-0.3, -0.25) is 0 Å². The molecule has 4 rings (SSSR count). The minimum atomic E-state index is -0.333. The van der Waals surface area contributed by atoms with Gasteiger partial charge in [-0.15, -0.1) is 12.4 Å². The van der Waals surface area contributed by atoms with Crippen LogP contribution in [0.2, 0.25) is 0 Å². The van der Waals surface area contributed by atoms with Gasteiger partial charge in [0.05, 0.1) is 0 Å². The minimum Gasteiger partial charge on any atom is -0.449 e. The van der Waals surface area contributed by atoms with Crippen molar-refractivity contribution in [3.05, 3.63) is 59.7 Å². The second kappa shape index (κ2) is 7.53. The van der Waals surface area contributed by atoms with E-state index in [1.165, 1.54) is 22.3 Å². The lowest BCUT2D eigenvalue weighted by Crippen LogP contribution is -2.60. The first kappa shape index (κ1) is 19.7. The minimum absolute atomic E-state index is 0. The summed E-state index contributed by atoms with van der Waals surface area (Å²) < 4.78 is 5.63. The van der Waals surface area contributed by atoms with Crippen LogP contribution in [-0.2, 0) is 4.74 Å². The molecule has 0 heterocycles. The van der Waals surface area contributed by atoms with E-state index in [1.807, 2.05) is 12.1 Å². The van der Waals surface area contributed by atoms with Crippen LogP contribution in [0.3, 0.4) is 0 Å². The molecule has 0 aromatic heterocycles. The van der Waals surface area contributed by atoms with E-state index in [-0.39, 0.29) is 35.9 Å². The molecule has 0 bridgehead atoms. The van der Waals surface area contributed by atoms with Crippen LogP contribution < -0.4 is 11.1 Å². The highest BCUT2D eigenvalue weighted by molar-refractivity contribution is 5.85. The molecule has 0 saturated heterocycles. The van der Waals surface area contributed by atoms with E-state index in [9.17, 15) is 4.79 Å². The van der Waals surface area contributed by atoms with Gasteiger partial charge < -0.3 is 15.8 Å². The number of carbonyl (C=O) groups is 1. The number of ether oxygens (including phenoxy) is 1. The number of nitrogens with one attached hydrogen (secondary N) is 1. The Morgan fingerprint density at radius 3 is 2.19 bits per heavy atom. The number of amides is 1. The number of fused-ring (bicyclic) bond motifs is 3. The molecule has 2 atom stereocenters. The summed E-state index contributed by atoms with van der Waals surface area (Å²) in [4.78, 5) is 12.3. The summed E-state index contributed by atoms with van der Waals surface area (Å²) in [6, 6.07) is 16.9. The first-order chi connectivity index (χ1) is 12.5. The topological polar surface area (TPSA) is 64.3 Å². The molecule has 3 N–H and O–H groups in total. The fourth-order valence-electron chi connectivity index (χ4n) is 4.44. The Labute approximate surface area is 166 Å². The molecule has 2 aliphatic rings. The number of benzene rings is 2. The highest BCUT2D eigenvalue weighted by Gasteiger charge is 2.48. The molecule has 2 aliphatic carbocycles. The number of carbonyl (C=O) groups excluding carboxylic acids is 1. The lowest BCUT2D eigenvalue weighted by Gasteiger charge is -2.51. The van der Waals surface area contributed by atoms with Crippen molar-refractivity contribution in [3.8, 4) is 11.1 Å². The molecule has 0 aliphatic heterocycles. The van der Waals surface area contributed by atoms with Gasteiger partial charge in [-0.25, -0.2) is 4.79 Å². The second-order valence-electron chi connectivity index (χ2n) is 8.01. The van der Waals surface area contributed by atoms with Crippen LogP contribution in [0, 0.1) is 11.3 Å². The van der Waals surface area contributed by atoms with Crippen molar-refractivity contribution < 1.29 is 9.53 Å². The van der Waals surface area contributed by atoms with Crippen LogP contribution in [0.15, 0.2) is 48.5 Å². The van der Waals surface area contributed by atoms with Crippen molar-refractivity contribution in [3.63, 3.8) is 0 Å². The smallest absolute Gasteiger partial charge is 0.407 e. The molecule has 0 spiro atoms. The summed E-state index contributed by atoms with van der Waals surface area (Å²) in [7, 11) is 0. The van der Waals surface area contributed by atoms with Gasteiger partial charge in [-0.05, 0) is 46.6 Å². The molecule has 2 aromatic carbocycles. The van der Waals surface area contributed by atoms with Crippen LogP contribution >= 0.6 is 12.4 Å². The van der Waals surface area contributed by atoms with E-state index in [1.54, 1.807) is 0 Å². The maximum Gasteiger partial charge on any atom is 0.407 e. The lowest BCUT2D eigenvalue weighted by atomic mass is 9.58. The lowest BCUT2D eigenvalue weighted by molar-refractivity contribution is 0.0178. The van der Waals surface area contributed by atoms with E-state index in [0.717, 1.165) is 6.42 Å². The fraction of sp³-hybridized carbons (Fsp3) is 0.409. The predicted octanol–water partition coefficient (Wildman–Crippen LogP) is 4.32. The third-order valence-corrected chi connectivity index (χ3v) is 6.39. The maximum atomic E-state index is 12.3. The molecule has 4 nitrogen and oxygen atoms in total. The van der Waals surface area contributed by atoms with Gasteiger partial charge in [0.15, 0.2) is 0 Å². The molecule has 1 amide bonds. The second-order valence-corrected chi connectivity index (χ2v) is 8.01. The predicted molar refractivity (Wildman–Crippen MR) is 110 cm³/mol. The molecule has 2 unspecified atom stereocenters. The summed E-state index contributed by atoms with van der Waals surface area (Å²) in [6.07, 6.45) is 0.591. The van der Waals surface area contributed by atoms with Crippen LogP contribution in [0.5, 0.6) is 0 Å². The largest absolute Gasteiger partial charge is 0.449 e. The molecular weight excluding hydrogens is 360 g/mol. The monoisotopic (exact) mass is 386 g/mol. The van der Waals surface area contributed by atoms with Gasteiger partial charge in [0, 0.05) is 12.0 Å². The number of hydrogen-bond donors (Lipinski definition) is 2. The van der Waals surface area contributed by atoms with E-state index in [2.05, 4.69) is 55.6 Å². The third kappa shape index (κ3) is 3.32. The zero-order chi connectivity index (χ0) is 18.3. The zero-order valence-electron chi connectivity index (χ0n) is 15.8. The van der Waals surface area contributed by atoms with E-state index < -0.39 is 0 Å². The molecule has 1 fully saturated rings. The first-order valence-corrected chi connectivity index (χ1v) is 9.34. The van der Waals surface area contributed by atoms with Gasteiger partial charge in [0.1, 0.15) is 6.61 Å². The fourth-order valence-corrected chi connectivity index (χ4v) is 4.44. The van der Waals surface area contributed by atoms with Crippen molar-refractivity contribution in [2.24, 2.45) is 17.1 Å². The van der Waals surface area contributed by atoms with Gasteiger partial charge in [-0.1, -0.05) is 62.4 Å². The van der Waals surface area contributed by atoms with Gasteiger partial charge in [0.25, 0.3) is 0 Å². The molecule has 0 radical (unpaired) electrons. The Balaban J connectivity index is 0.00000210. The number of alkyl carbamates (subject to hydrolysis) is 1. The quantitative estimate of drug-likeness (QED) is 0.822. The van der Waals surface area contributed by atoms with E-state index in [4.69, 9.17) is 10.5 Å². The highest BCUT2D eigenvalue weighted by Crippen LogP contribution is 2.46. The first-order valence-electron chi connectivity index (χ1n) is 9.34. The van der Waals surface area contributed by atoms with Crippen molar-refractivity contribution in [2.45, 2.75) is 32.2 Å². The third-order valence-electron chi connectivity index (χ3n) is 6.39. The van der Waals surface area contributed by atoms with Crippen molar-refractivity contribution in [1.29, 1.82) is 0 Å². The van der Waals surface area contributed by atoms with Crippen molar-refractivity contribution in [2.75, 3.05) is 13.2 Å². The molecule has 2 aromatic rings. The average molecular weight is 387 g/mol.